The van der Waals surface area contributed by atoms with E-state index in [2.05, 4.69) is 15.7 Å². The Bertz CT molecular complexity index is 1560. The number of carbonyl (C=O) groups excluding carboxylic acids is 1. The number of hydrogen-bond acceptors (Lipinski definition) is 7. The maximum Gasteiger partial charge on any atom is 0.264 e. The third-order valence-electron chi connectivity index (χ3n) is 10.8. The summed E-state index contributed by atoms with van der Waals surface area (Å²) in [6, 6.07) is 11.1. The fraction of sp³-hybridized carbons (Fsp3) is 0.595. The molecular weight excluding hydrogens is 636 g/mol. The van der Waals surface area contributed by atoms with Crippen molar-refractivity contribution in [3.8, 4) is 5.75 Å². The van der Waals surface area contributed by atoms with Gasteiger partial charge in [0.2, 0.25) is 10.0 Å². The van der Waals surface area contributed by atoms with Crippen LogP contribution in [0, 0.1) is 23.7 Å². The first-order valence-electron chi connectivity index (χ1n) is 17.1. The van der Waals surface area contributed by atoms with Crippen LogP contribution in [-0.2, 0) is 27.8 Å². The second-order valence-electron chi connectivity index (χ2n) is 14.2. The molecule has 258 valence electrons. The SMILES string of the molecule is CO[C@@]1(C[C@H](O)C(C)C)/C=C/C[C@H](C)[C@@H](C)S(=O)(=O)NC(=O)c2ccc3c(c2)N(CCCCc2cc(Cl)ccc2CO3)C[C@@H]2CC[C@H]21. The van der Waals surface area contributed by atoms with E-state index in [4.69, 9.17) is 21.1 Å². The molecule has 0 unspecified atom stereocenters. The molecule has 2 aromatic rings. The molecule has 2 N–H and O–H groups in total. The highest BCUT2D eigenvalue weighted by molar-refractivity contribution is 7.90. The summed E-state index contributed by atoms with van der Waals surface area (Å²) >= 11 is 6.36. The summed E-state index contributed by atoms with van der Waals surface area (Å²) in [5.41, 5.74) is 2.58. The standard InChI is InChI=1S/C37H51ClN2O6S/c1-24(2)34(41)21-37(45-5)17-8-9-25(3)26(4)47(43,44)39-36(42)28-13-16-35-33(20-28)40(22-29-12-15-32(29)37)18-7-6-10-27-19-31(38)14-11-30(27)23-46-35/h8,11,13-14,16-17,19-20,24-26,29,32,34,41H,6-7,9-10,12,15,18,21-23H2,1-5H3,(H,39,42)/b17-8+/t25-,26+,29-,32+,34-,37+/m0/s1. The Labute approximate surface area is 285 Å². The van der Waals surface area contributed by atoms with E-state index in [1.54, 1.807) is 32.2 Å². The largest absolute Gasteiger partial charge is 0.487 e. The highest BCUT2D eigenvalue weighted by Gasteiger charge is 2.48. The molecule has 10 heteroatoms. The molecule has 1 fully saturated rings. The third-order valence-corrected chi connectivity index (χ3v) is 13.0. The fourth-order valence-corrected chi connectivity index (χ4v) is 8.74. The van der Waals surface area contributed by atoms with Gasteiger partial charge >= 0.3 is 0 Å². The Balaban J connectivity index is 1.59. The number of halogens is 1. The van der Waals surface area contributed by atoms with Gasteiger partial charge in [-0.2, -0.15) is 0 Å². The van der Waals surface area contributed by atoms with Gasteiger partial charge in [-0.15, -0.1) is 0 Å². The number of aliphatic hydroxyl groups is 1. The van der Waals surface area contributed by atoms with Gasteiger partial charge in [-0.3, -0.25) is 4.79 Å². The quantitative estimate of drug-likeness (QED) is 0.336. The van der Waals surface area contributed by atoms with Crippen LogP contribution in [0.4, 0.5) is 5.69 Å². The molecule has 1 saturated carbocycles. The zero-order valence-electron chi connectivity index (χ0n) is 28.4. The second-order valence-corrected chi connectivity index (χ2v) is 16.7. The van der Waals surface area contributed by atoms with E-state index in [0.717, 1.165) is 49.9 Å². The van der Waals surface area contributed by atoms with Crippen LogP contribution in [-0.4, -0.2) is 56.6 Å². The molecule has 2 bridgehead atoms. The number of aryl methyl sites for hydroxylation is 1. The minimum atomic E-state index is -3.97. The number of aliphatic hydroxyl groups excluding tert-OH is 1. The Morgan fingerprint density at radius 1 is 1.13 bits per heavy atom. The van der Waals surface area contributed by atoms with Crippen LogP contribution in [0.15, 0.2) is 48.6 Å². The van der Waals surface area contributed by atoms with Crippen LogP contribution in [0.25, 0.3) is 0 Å². The highest BCUT2D eigenvalue weighted by Crippen LogP contribution is 2.48. The molecule has 1 amide bonds. The molecule has 8 nitrogen and oxygen atoms in total. The van der Waals surface area contributed by atoms with Gasteiger partial charge in [-0.05, 0) is 111 Å². The van der Waals surface area contributed by atoms with Gasteiger partial charge in [0.1, 0.15) is 12.4 Å². The lowest BCUT2D eigenvalue weighted by Crippen LogP contribution is -2.52. The van der Waals surface area contributed by atoms with Crippen LogP contribution in [0.3, 0.4) is 0 Å². The number of carbonyl (C=O) groups is 1. The van der Waals surface area contributed by atoms with Crippen molar-refractivity contribution in [1.29, 1.82) is 0 Å². The average Bonchev–Trinajstić information content (AvgIpc) is 3.04. The number of methoxy groups -OCH3 is 1. The number of fused-ring (bicyclic) bond motifs is 3. The van der Waals surface area contributed by atoms with Gasteiger partial charge in [-0.1, -0.05) is 50.6 Å². The van der Waals surface area contributed by atoms with E-state index in [0.29, 0.717) is 36.8 Å². The topological polar surface area (TPSA) is 105 Å². The molecule has 3 aliphatic rings. The summed E-state index contributed by atoms with van der Waals surface area (Å²) in [6.07, 6.45) is 9.21. The van der Waals surface area contributed by atoms with Gasteiger partial charge in [0.25, 0.3) is 5.91 Å². The second kappa shape index (κ2) is 14.9. The van der Waals surface area contributed by atoms with Crippen LogP contribution in [0.5, 0.6) is 5.75 Å². The summed E-state index contributed by atoms with van der Waals surface area (Å²) in [7, 11) is -2.24. The molecule has 5 rings (SSSR count). The normalized spacial score (nSPS) is 29.6. The van der Waals surface area contributed by atoms with E-state index < -0.39 is 32.9 Å². The lowest BCUT2D eigenvalue weighted by Gasteiger charge is -2.50. The average molecular weight is 687 g/mol. The lowest BCUT2D eigenvalue weighted by atomic mass is 9.62. The number of sulfonamides is 1. The van der Waals surface area contributed by atoms with Crippen molar-refractivity contribution in [3.63, 3.8) is 0 Å². The number of benzene rings is 2. The molecule has 47 heavy (non-hydrogen) atoms. The van der Waals surface area contributed by atoms with Crippen molar-refractivity contribution in [3.05, 3.63) is 70.3 Å². The molecule has 0 aromatic heterocycles. The molecule has 0 radical (unpaired) electrons. The predicted octanol–water partition coefficient (Wildman–Crippen LogP) is 6.92. The minimum absolute atomic E-state index is 0.0643. The van der Waals surface area contributed by atoms with E-state index in [9.17, 15) is 18.3 Å². The number of nitrogens with one attached hydrogen (secondary N) is 1. The van der Waals surface area contributed by atoms with Crippen molar-refractivity contribution in [1.82, 2.24) is 4.72 Å². The monoisotopic (exact) mass is 686 g/mol. The zero-order chi connectivity index (χ0) is 33.9. The van der Waals surface area contributed by atoms with Crippen molar-refractivity contribution in [2.45, 2.75) is 96.2 Å². The molecule has 2 aromatic carbocycles. The predicted molar refractivity (Wildman–Crippen MR) is 188 cm³/mol. The number of nitrogens with zero attached hydrogens (tertiary/aromatic N) is 1. The minimum Gasteiger partial charge on any atom is -0.487 e. The number of anilines is 1. The van der Waals surface area contributed by atoms with Gasteiger partial charge in [0.15, 0.2) is 0 Å². The molecular formula is C37H51ClN2O6S. The molecule has 1 aliphatic carbocycles. The lowest BCUT2D eigenvalue weighted by molar-refractivity contribution is -0.103. The van der Waals surface area contributed by atoms with Crippen LogP contribution in [0.1, 0.15) is 87.7 Å². The van der Waals surface area contributed by atoms with Crippen LogP contribution >= 0.6 is 11.6 Å². The van der Waals surface area contributed by atoms with E-state index in [-0.39, 0.29) is 29.2 Å². The summed E-state index contributed by atoms with van der Waals surface area (Å²) in [4.78, 5) is 15.8. The van der Waals surface area contributed by atoms with Crippen molar-refractivity contribution < 1.29 is 27.8 Å². The number of hydrogen-bond donors (Lipinski definition) is 2. The van der Waals surface area contributed by atoms with Gasteiger partial charge in [0, 0.05) is 37.2 Å². The summed E-state index contributed by atoms with van der Waals surface area (Å²) in [5, 5.41) is 11.0. The Morgan fingerprint density at radius 3 is 2.62 bits per heavy atom. The first kappa shape index (κ1) is 35.7. The Kier molecular flexibility index (Phi) is 11.3. The Morgan fingerprint density at radius 2 is 1.91 bits per heavy atom. The summed E-state index contributed by atoms with van der Waals surface area (Å²) in [6.45, 7) is 9.35. The maximum atomic E-state index is 13.5. The molecule has 6 atom stereocenters. The van der Waals surface area contributed by atoms with Crippen LogP contribution < -0.4 is 14.4 Å². The van der Waals surface area contributed by atoms with Crippen molar-refractivity contribution >= 4 is 33.2 Å². The fourth-order valence-electron chi connectivity index (χ4n) is 7.26. The van der Waals surface area contributed by atoms with E-state index in [1.807, 2.05) is 45.0 Å². The molecule has 2 aliphatic heterocycles. The zero-order valence-corrected chi connectivity index (χ0v) is 29.9. The van der Waals surface area contributed by atoms with E-state index >= 15 is 0 Å². The third kappa shape index (κ3) is 8.01. The first-order valence-corrected chi connectivity index (χ1v) is 19.0. The van der Waals surface area contributed by atoms with Gasteiger partial charge < -0.3 is 19.5 Å². The van der Waals surface area contributed by atoms with Crippen molar-refractivity contribution in [2.24, 2.45) is 23.7 Å². The van der Waals surface area contributed by atoms with Crippen LogP contribution in [0.2, 0.25) is 5.02 Å². The maximum absolute atomic E-state index is 13.5. The van der Waals surface area contributed by atoms with Gasteiger partial charge in [0.05, 0.1) is 22.6 Å². The Hall–Kier alpha value is -2.59. The number of ether oxygens (including phenoxy) is 2. The van der Waals surface area contributed by atoms with E-state index in [1.165, 1.54) is 5.56 Å². The summed E-state index contributed by atoms with van der Waals surface area (Å²) in [5.74, 6) is 0.220. The number of rotatable bonds is 4. The number of amides is 1. The van der Waals surface area contributed by atoms with Crippen molar-refractivity contribution in [2.75, 3.05) is 25.1 Å². The number of allylic oxidation sites excluding steroid dienone is 1. The molecule has 0 spiro atoms. The molecule has 2 heterocycles. The smallest absolute Gasteiger partial charge is 0.264 e. The van der Waals surface area contributed by atoms with Gasteiger partial charge in [-0.25, -0.2) is 13.1 Å². The first-order chi connectivity index (χ1) is 22.3. The summed E-state index contributed by atoms with van der Waals surface area (Å²) < 4.78 is 42.0. The highest BCUT2D eigenvalue weighted by atomic mass is 35.5. The molecule has 0 saturated heterocycles.